The van der Waals surface area contributed by atoms with E-state index in [1.165, 1.54) is 22.7 Å². The van der Waals surface area contributed by atoms with Crippen LogP contribution < -0.4 is 10.1 Å². The number of aryl methyl sites for hydroxylation is 1. The number of carbonyl (C=O) groups excluding carboxylic acids is 1. The van der Waals surface area contributed by atoms with Crippen LogP contribution in [0.25, 0.3) is 0 Å². The number of piperidine rings is 1. The molecule has 1 aromatic carbocycles. The van der Waals surface area contributed by atoms with E-state index in [1.54, 1.807) is 0 Å². The quantitative estimate of drug-likeness (QED) is 0.814. The standard InChI is InChI=1S/C17H27N3O4S/c1-13-6-5-7-16(14(13)2)24-12-17(21)18-15-8-10-20(11-9-15)25(22,23)19(3)4/h5-7,15H,8-12H2,1-4H3,(H,18,21). The SMILES string of the molecule is Cc1cccc(OCC(=O)NC2CCN(S(=O)(=O)N(C)C)CC2)c1C. The van der Waals surface area contributed by atoms with E-state index in [4.69, 9.17) is 4.74 Å². The highest BCUT2D eigenvalue weighted by molar-refractivity contribution is 7.86. The Morgan fingerprint density at radius 3 is 2.52 bits per heavy atom. The van der Waals surface area contributed by atoms with Crippen LogP contribution in [0.4, 0.5) is 0 Å². The third-order valence-electron chi connectivity index (χ3n) is 4.52. The molecule has 7 nitrogen and oxygen atoms in total. The summed E-state index contributed by atoms with van der Waals surface area (Å²) in [6.07, 6.45) is 1.20. The minimum absolute atomic E-state index is 0.0247. The van der Waals surface area contributed by atoms with Gasteiger partial charge in [-0.1, -0.05) is 12.1 Å². The fraction of sp³-hybridized carbons (Fsp3) is 0.588. The largest absolute Gasteiger partial charge is 0.483 e. The minimum Gasteiger partial charge on any atom is -0.483 e. The summed E-state index contributed by atoms with van der Waals surface area (Å²) >= 11 is 0. The van der Waals surface area contributed by atoms with E-state index in [0.29, 0.717) is 31.7 Å². The third-order valence-corrected chi connectivity index (χ3v) is 6.46. The van der Waals surface area contributed by atoms with Crippen molar-refractivity contribution < 1.29 is 17.9 Å². The van der Waals surface area contributed by atoms with Gasteiger partial charge in [0.05, 0.1) is 0 Å². The van der Waals surface area contributed by atoms with Crippen molar-refractivity contribution in [2.75, 3.05) is 33.8 Å². The van der Waals surface area contributed by atoms with Crippen LogP contribution in [0.1, 0.15) is 24.0 Å². The molecule has 1 aliphatic rings. The maximum Gasteiger partial charge on any atom is 0.281 e. The number of rotatable bonds is 6. The first-order valence-corrected chi connectivity index (χ1v) is 9.77. The molecular weight excluding hydrogens is 342 g/mol. The first-order chi connectivity index (χ1) is 11.7. The van der Waals surface area contributed by atoms with Crippen LogP contribution in [0.5, 0.6) is 5.75 Å². The van der Waals surface area contributed by atoms with Crippen molar-refractivity contribution >= 4 is 16.1 Å². The van der Waals surface area contributed by atoms with E-state index < -0.39 is 10.2 Å². The maximum absolute atomic E-state index is 12.1. The Hall–Kier alpha value is -1.64. The van der Waals surface area contributed by atoms with E-state index in [9.17, 15) is 13.2 Å². The van der Waals surface area contributed by atoms with Crippen LogP contribution in [-0.4, -0.2) is 62.8 Å². The maximum atomic E-state index is 12.1. The lowest BCUT2D eigenvalue weighted by atomic mass is 10.1. The van der Waals surface area contributed by atoms with E-state index in [2.05, 4.69) is 5.32 Å². The lowest BCUT2D eigenvalue weighted by Crippen LogP contribution is -2.50. The molecule has 140 valence electrons. The number of hydrogen-bond donors (Lipinski definition) is 1. The molecule has 1 saturated heterocycles. The van der Waals surface area contributed by atoms with Crippen LogP contribution in [0.2, 0.25) is 0 Å². The molecule has 2 rings (SSSR count). The molecule has 1 aliphatic heterocycles. The lowest BCUT2D eigenvalue weighted by molar-refractivity contribution is -0.124. The van der Waals surface area contributed by atoms with Gasteiger partial charge in [0.1, 0.15) is 5.75 Å². The van der Waals surface area contributed by atoms with Crippen LogP contribution in [0.3, 0.4) is 0 Å². The molecule has 0 aliphatic carbocycles. The van der Waals surface area contributed by atoms with Crippen LogP contribution >= 0.6 is 0 Å². The van der Waals surface area contributed by atoms with Crippen LogP contribution in [0.15, 0.2) is 18.2 Å². The van der Waals surface area contributed by atoms with Gasteiger partial charge in [-0.25, -0.2) is 0 Å². The summed E-state index contributed by atoms with van der Waals surface area (Å²) in [7, 11) is -0.334. The molecule has 1 heterocycles. The first kappa shape index (κ1) is 19.7. The van der Waals surface area contributed by atoms with Gasteiger partial charge < -0.3 is 10.1 Å². The molecule has 25 heavy (non-hydrogen) atoms. The average Bonchev–Trinajstić information content (AvgIpc) is 2.56. The predicted molar refractivity (Wildman–Crippen MR) is 96.8 cm³/mol. The van der Waals surface area contributed by atoms with Gasteiger partial charge in [-0.3, -0.25) is 4.79 Å². The zero-order valence-corrected chi connectivity index (χ0v) is 16.1. The second-order valence-corrected chi connectivity index (χ2v) is 8.66. The van der Waals surface area contributed by atoms with Gasteiger partial charge in [0.15, 0.2) is 6.61 Å². The van der Waals surface area contributed by atoms with E-state index in [-0.39, 0.29) is 18.6 Å². The average molecular weight is 369 g/mol. The van der Waals surface area contributed by atoms with Gasteiger partial charge in [-0.15, -0.1) is 0 Å². The Labute approximate surface area is 150 Å². The predicted octanol–water partition coefficient (Wildman–Crippen LogP) is 1.07. The molecule has 1 fully saturated rings. The zero-order valence-electron chi connectivity index (χ0n) is 15.3. The summed E-state index contributed by atoms with van der Waals surface area (Å²) in [5, 5.41) is 2.93. The number of benzene rings is 1. The number of carbonyl (C=O) groups is 1. The van der Waals surface area contributed by atoms with Crippen molar-refractivity contribution in [1.82, 2.24) is 13.9 Å². The molecule has 1 amide bonds. The molecular formula is C17H27N3O4S. The number of ether oxygens (including phenoxy) is 1. The van der Waals surface area contributed by atoms with E-state index in [1.807, 2.05) is 32.0 Å². The monoisotopic (exact) mass is 369 g/mol. The van der Waals surface area contributed by atoms with Gasteiger partial charge in [-0.2, -0.15) is 17.0 Å². The first-order valence-electron chi connectivity index (χ1n) is 8.38. The Morgan fingerprint density at radius 2 is 1.92 bits per heavy atom. The summed E-state index contributed by atoms with van der Waals surface area (Å²) in [5.41, 5.74) is 2.14. The second kappa shape index (κ2) is 8.16. The molecule has 0 radical (unpaired) electrons. The highest BCUT2D eigenvalue weighted by atomic mass is 32.2. The Balaban J connectivity index is 1.80. The highest BCUT2D eigenvalue weighted by Crippen LogP contribution is 2.20. The van der Waals surface area contributed by atoms with Crippen LogP contribution in [0, 0.1) is 13.8 Å². The molecule has 0 unspecified atom stereocenters. The summed E-state index contributed by atoms with van der Waals surface area (Å²) in [4.78, 5) is 12.1. The second-order valence-electron chi connectivity index (χ2n) is 6.52. The topological polar surface area (TPSA) is 79.0 Å². The Kier molecular flexibility index (Phi) is 6.42. The number of nitrogens with one attached hydrogen (secondary N) is 1. The fourth-order valence-electron chi connectivity index (χ4n) is 2.75. The molecule has 8 heteroatoms. The van der Waals surface area contributed by atoms with Crippen molar-refractivity contribution in [2.45, 2.75) is 32.7 Å². The van der Waals surface area contributed by atoms with Crippen molar-refractivity contribution in [3.05, 3.63) is 29.3 Å². The fourth-order valence-corrected chi connectivity index (χ4v) is 3.89. The Morgan fingerprint density at radius 1 is 1.28 bits per heavy atom. The van der Waals surface area contributed by atoms with Crippen molar-refractivity contribution in [1.29, 1.82) is 0 Å². The summed E-state index contributed by atoms with van der Waals surface area (Å²) in [5.74, 6) is 0.525. The third kappa shape index (κ3) is 4.93. The normalized spacial score (nSPS) is 16.8. The molecule has 1 N–H and O–H groups in total. The van der Waals surface area contributed by atoms with Gasteiger partial charge in [-0.05, 0) is 43.9 Å². The van der Waals surface area contributed by atoms with E-state index in [0.717, 1.165) is 11.1 Å². The van der Waals surface area contributed by atoms with Crippen LogP contribution in [-0.2, 0) is 15.0 Å². The molecule has 0 bridgehead atoms. The number of nitrogens with zero attached hydrogens (tertiary/aromatic N) is 2. The van der Waals surface area contributed by atoms with Crippen molar-refractivity contribution in [2.24, 2.45) is 0 Å². The molecule has 0 atom stereocenters. The van der Waals surface area contributed by atoms with Gasteiger partial charge >= 0.3 is 0 Å². The Bertz CT molecular complexity index is 711. The number of hydrogen-bond acceptors (Lipinski definition) is 4. The molecule has 1 aromatic rings. The van der Waals surface area contributed by atoms with Crippen molar-refractivity contribution in [3.8, 4) is 5.75 Å². The van der Waals surface area contributed by atoms with Crippen molar-refractivity contribution in [3.63, 3.8) is 0 Å². The highest BCUT2D eigenvalue weighted by Gasteiger charge is 2.30. The van der Waals surface area contributed by atoms with Gasteiger partial charge in [0.2, 0.25) is 0 Å². The zero-order chi connectivity index (χ0) is 18.6. The summed E-state index contributed by atoms with van der Waals surface area (Å²) in [6.45, 7) is 4.73. The minimum atomic E-state index is -3.38. The summed E-state index contributed by atoms with van der Waals surface area (Å²) < 4.78 is 32.4. The van der Waals surface area contributed by atoms with E-state index >= 15 is 0 Å². The summed E-state index contributed by atoms with van der Waals surface area (Å²) in [6, 6.07) is 5.72. The smallest absolute Gasteiger partial charge is 0.281 e. The van der Waals surface area contributed by atoms with Gasteiger partial charge in [0, 0.05) is 33.2 Å². The molecule has 0 aromatic heterocycles. The molecule has 0 saturated carbocycles. The number of amides is 1. The van der Waals surface area contributed by atoms with Gasteiger partial charge in [0.25, 0.3) is 16.1 Å². The molecule has 0 spiro atoms. The lowest BCUT2D eigenvalue weighted by Gasteiger charge is -2.33.